The van der Waals surface area contributed by atoms with E-state index < -0.39 is 5.97 Å². The third-order valence-electron chi connectivity index (χ3n) is 2.12. The first-order chi connectivity index (χ1) is 6.27. The van der Waals surface area contributed by atoms with Crippen LogP contribution in [0.5, 0.6) is 0 Å². The van der Waals surface area contributed by atoms with Gasteiger partial charge in [0.2, 0.25) is 0 Å². The van der Waals surface area contributed by atoms with E-state index in [1.165, 1.54) is 0 Å². The standard InChI is InChI=1S/C10H9NO2/c12-10(13)9-6-5-7-3-1-2-4-8(7)11-9/h1-3,5-6,8H,4H2,(H,12,13). The summed E-state index contributed by atoms with van der Waals surface area (Å²) >= 11 is 0. The Hall–Kier alpha value is -1.64. The number of carboxylic acids is 1. The molecular weight excluding hydrogens is 166 g/mol. The van der Waals surface area contributed by atoms with Crippen LogP contribution in [0.1, 0.15) is 6.42 Å². The van der Waals surface area contributed by atoms with Crippen molar-refractivity contribution < 1.29 is 9.90 Å². The second kappa shape index (κ2) is 3.01. The van der Waals surface area contributed by atoms with Gasteiger partial charge < -0.3 is 5.11 Å². The Bertz CT molecular complexity index is 361. The lowest BCUT2D eigenvalue weighted by molar-refractivity contribution is -0.129. The highest BCUT2D eigenvalue weighted by Crippen LogP contribution is 2.21. The van der Waals surface area contributed by atoms with Gasteiger partial charge in [0.05, 0.1) is 6.04 Å². The molecule has 2 aliphatic rings. The Morgan fingerprint density at radius 1 is 1.54 bits per heavy atom. The molecule has 0 saturated heterocycles. The van der Waals surface area contributed by atoms with Crippen LogP contribution in [-0.4, -0.2) is 22.8 Å². The predicted octanol–water partition coefficient (Wildman–Crippen LogP) is 1.34. The zero-order valence-corrected chi connectivity index (χ0v) is 6.97. The fourth-order valence-electron chi connectivity index (χ4n) is 1.44. The van der Waals surface area contributed by atoms with Crippen LogP contribution in [0.25, 0.3) is 0 Å². The summed E-state index contributed by atoms with van der Waals surface area (Å²) in [5.74, 6) is -0.954. The van der Waals surface area contributed by atoms with E-state index in [1.807, 2.05) is 24.3 Å². The van der Waals surface area contributed by atoms with Crippen molar-refractivity contribution in [3.05, 3.63) is 36.0 Å². The van der Waals surface area contributed by atoms with Crippen LogP contribution in [0.4, 0.5) is 0 Å². The molecule has 1 aliphatic heterocycles. The van der Waals surface area contributed by atoms with E-state index in [4.69, 9.17) is 5.11 Å². The van der Waals surface area contributed by atoms with Crippen LogP contribution < -0.4 is 0 Å². The maximum Gasteiger partial charge on any atom is 0.354 e. The summed E-state index contributed by atoms with van der Waals surface area (Å²) in [5.41, 5.74) is 1.24. The Morgan fingerprint density at radius 3 is 3.15 bits per heavy atom. The Morgan fingerprint density at radius 2 is 2.38 bits per heavy atom. The number of carboxylic acid groups (broad SMARTS) is 1. The maximum absolute atomic E-state index is 10.6. The third-order valence-corrected chi connectivity index (χ3v) is 2.12. The normalized spacial score (nSPS) is 24.8. The molecule has 0 radical (unpaired) electrons. The molecule has 0 fully saturated rings. The molecule has 0 spiro atoms. The average molecular weight is 175 g/mol. The molecular formula is C10H9NO2. The lowest BCUT2D eigenvalue weighted by atomic mass is 9.96. The summed E-state index contributed by atoms with van der Waals surface area (Å²) in [4.78, 5) is 14.7. The number of allylic oxidation sites excluding steroid dienone is 2. The topological polar surface area (TPSA) is 49.7 Å². The minimum atomic E-state index is -0.954. The molecule has 0 aromatic rings. The zero-order valence-electron chi connectivity index (χ0n) is 6.97. The number of rotatable bonds is 1. The van der Waals surface area contributed by atoms with Crippen LogP contribution in [0.2, 0.25) is 0 Å². The van der Waals surface area contributed by atoms with Crippen molar-refractivity contribution >= 4 is 11.7 Å². The van der Waals surface area contributed by atoms with Gasteiger partial charge >= 0.3 is 5.97 Å². The van der Waals surface area contributed by atoms with Crippen LogP contribution in [0, 0.1) is 0 Å². The van der Waals surface area contributed by atoms with Crippen LogP contribution >= 0.6 is 0 Å². The van der Waals surface area contributed by atoms with Gasteiger partial charge in [0.1, 0.15) is 5.71 Å². The van der Waals surface area contributed by atoms with E-state index in [0.717, 1.165) is 12.0 Å². The van der Waals surface area contributed by atoms with Gasteiger partial charge in [-0.3, -0.25) is 4.99 Å². The largest absolute Gasteiger partial charge is 0.477 e. The van der Waals surface area contributed by atoms with E-state index >= 15 is 0 Å². The maximum atomic E-state index is 10.6. The fraction of sp³-hybridized carbons (Fsp3) is 0.200. The fourth-order valence-corrected chi connectivity index (χ4v) is 1.44. The SMILES string of the molecule is O=C(O)C1=NC2CC=CC=C2C=C1. The Balaban J connectivity index is 2.30. The Kier molecular flexibility index (Phi) is 1.85. The highest BCUT2D eigenvalue weighted by atomic mass is 16.4. The van der Waals surface area contributed by atoms with Crippen LogP contribution in [0.3, 0.4) is 0 Å². The summed E-state index contributed by atoms with van der Waals surface area (Å²) in [6.45, 7) is 0. The predicted molar refractivity (Wildman–Crippen MR) is 49.8 cm³/mol. The molecule has 0 amide bonds. The Labute approximate surface area is 75.8 Å². The molecule has 1 N–H and O–H groups in total. The molecule has 1 aliphatic carbocycles. The van der Waals surface area contributed by atoms with E-state index in [9.17, 15) is 4.79 Å². The highest BCUT2D eigenvalue weighted by molar-refractivity contribution is 6.40. The first kappa shape index (κ1) is 7.98. The van der Waals surface area contributed by atoms with Crippen molar-refractivity contribution in [1.82, 2.24) is 0 Å². The molecule has 0 aromatic heterocycles. The lowest BCUT2D eigenvalue weighted by Crippen LogP contribution is -2.20. The van der Waals surface area contributed by atoms with Gasteiger partial charge in [-0.15, -0.1) is 0 Å². The van der Waals surface area contributed by atoms with Crippen LogP contribution in [-0.2, 0) is 4.79 Å². The molecule has 0 aromatic carbocycles. The van der Waals surface area contributed by atoms with Gasteiger partial charge in [0.15, 0.2) is 0 Å². The quantitative estimate of drug-likeness (QED) is 0.653. The van der Waals surface area contributed by atoms with E-state index in [1.54, 1.807) is 6.08 Å². The number of dihydropyridines is 1. The average Bonchev–Trinajstić information content (AvgIpc) is 2.17. The lowest BCUT2D eigenvalue weighted by Gasteiger charge is -2.18. The summed E-state index contributed by atoms with van der Waals surface area (Å²) in [5, 5.41) is 8.71. The van der Waals surface area contributed by atoms with Gasteiger partial charge in [0.25, 0.3) is 0 Å². The number of hydrogen-bond acceptors (Lipinski definition) is 2. The van der Waals surface area contributed by atoms with Crippen molar-refractivity contribution in [1.29, 1.82) is 0 Å². The van der Waals surface area contributed by atoms with Crippen molar-refractivity contribution in [3.63, 3.8) is 0 Å². The molecule has 0 saturated carbocycles. The molecule has 1 atom stereocenters. The summed E-state index contributed by atoms with van der Waals surface area (Å²) in [7, 11) is 0. The number of hydrogen-bond donors (Lipinski definition) is 1. The summed E-state index contributed by atoms with van der Waals surface area (Å²) in [6.07, 6.45) is 10.1. The molecule has 1 heterocycles. The van der Waals surface area contributed by atoms with Crippen molar-refractivity contribution in [2.45, 2.75) is 12.5 Å². The van der Waals surface area contributed by atoms with Gasteiger partial charge in [-0.25, -0.2) is 4.79 Å². The van der Waals surface area contributed by atoms with E-state index in [2.05, 4.69) is 4.99 Å². The smallest absolute Gasteiger partial charge is 0.354 e. The van der Waals surface area contributed by atoms with E-state index in [-0.39, 0.29) is 11.8 Å². The molecule has 0 bridgehead atoms. The van der Waals surface area contributed by atoms with Crippen LogP contribution in [0.15, 0.2) is 40.9 Å². The monoisotopic (exact) mass is 175 g/mol. The molecule has 13 heavy (non-hydrogen) atoms. The summed E-state index contributed by atoms with van der Waals surface area (Å²) in [6, 6.07) is 0.0149. The first-order valence-corrected chi connectivity index (χ1v) is 4.13. The molecule has 3 nitrogen and oxygen atoms in total. The minimum Gasteiger partial charge on any atom is -0.477 e. The van der Waals surface area contributed by atoms with Gasteiger partial charge in [-0.05, 0) is 18.1 Å². The minimum absolute atomic E-state index is 0.0149. The number of carbonyl (C=O) groups is 1. The molecule has 3 heteroatoms. The van der Waals surface area contributed by atoms with Crippen molar-refractivity contribution in [3.8, 4) is 0 Å². The molecule has 1 unspecified atom stereocenters. The number of aliphatic carboxylic acids is 1. The van der Waals surface area contributed by atoms with Gasteiger partial charge in [-0.1, -0.05) is 24.3 Å². The third kappa shape index (κ3) is 1.45. The summed E-state index contributed by atoms with van der Waals surface area (Å²) < 4.78 is 0. The second-order valence-electron chi connectivity index (χ2n) is 3.00. The molecule has 2 rings (SSSR count). The second-order valence-corrected chi connectivity index (χ2v) is 3.00. The zero-order chi connectivity index (χ0) is 9.26. The van der Waals surface area contributed by atoms with Crippen molar-refractivity contribution in [2.24, 2.45) is 4.99 Å². The molecule has 66 valence electrons. The van der Waals surface area contributed by atoms with Gasteiger partial charge in [0, 0.05) is 0 Å². The first-order valence-electron chi connectivity index (χ1n) is 4.13. The van der Waals surface area contributed by atoms with Gasteiger partial charge in [-0.2, -0.15) is 0 Å². The van der Waals surface area contributed by atoms with E-state index in [0.29, 0.717) is 0 Å². The number of aliphatic imine (C=N–C) groups is 1. The highest BCUT2D eigenvalue weighted by Gasteiger charge is 2.18. The number of nitrogens with zero attached hydrogens (tertiary/aromatic N) is 1. The van der Waals surface area contributed by atoms with Crippen molar-refractivity contribution in [2.75, 3.05) is 0 Å². The number of fused-ring (bicyclic) bond motifs is 1.